The van der Waals surface area contributed by atoms with E-state index in [4.69, 9.17) is 5.11 Å². The van der Waals surface area contributed by atoms with E-state index < -0.39 is 18.5 Å². The summed E-state index contributed by atoms with van der Waals surface area (Å²) in [5.41, 5.74) is -0.385. The van der Waals surface area contributed by atoms with Crippen molar-refractivity contribution in [1.82, 2.24) is 15.5 Å². The molecule has 0 bridgehead atoms. The van der Waals surface area contributed by atoms with Crippen LogP contribution >= 0.6 is 0 Å². The fourth-order valence-electron chi connectivity index (χ4n) is 1.27. The number of nitrogens with one attached hydrogen (secondary N) is 2. The van der Waals surface area contributed by atoms with Crippen molar-refractivity contribution in [2.75, 3.05) is 19.6 Å². The van der Waals surface area contributed by atoms with Crippen molar-refractivity contribution < 1.29 is 19.5 Å². The van der Waals surface area contributed by atoms with Crippen molar-refractivity contribution in [1.29, 1.82) is 0 Å². The van der Waals surface area contributed by atoms with Crippen molar-refractivity contribution in [3.8, 4) is 0 Å². The fourth-order valence-corrected chi connectivity index (χ4v) is 1.27. The topological polar surface area (TPSA) is 98.7 Å². The number of urea groups is 1. The number of nitrogens with zero attached hydrogens (tertiary/aromatic N) is 1. The molecular weight excluding hydrogens is 250 g/mol. The zero-order chi connectivity index (χ0) is 15.1. The summed E-state index contributed by atoms with van der Waals surface area (Å²) in [6.45, 7) is 8.35. The summed E-state index contributed by atoms with van der Waals surface area (Å²) in [5, 5.41) is 13.7. The Labute approximate surface area is 112 Å². The van der Waals surface area contributed by atoms with Gasteiger partial charge in [0.05, 0.1) is 6.54 Å². The van der Waals surface area contributed by atoms with Gasteiger partial charge in [0, 0.05) is 12.1 Å². The Morgan fingerprint density at radius 1 is 1.32 bits per heavy atom. The zero-order valence-corrected chi connectivity index (χ0v) is 11.5. The molecule has 0 aromatic heterocycles. The van der Waals surface area contributed by atoms with Crippen LogP contribution in [0.3, 0.4) is 0 Å². The highest BCUT2D eigenvalue weighted by Gasteiger charge is 2.18. The largest absolute Gasteiger partial charge is 0.480 e. The van der Waals surface area contributed by atoms with Crippen molar-refractivity contribution >= 4 is 17.9 Å². The number of hydrogen-bond acceptors (Lipinski definition) is 3. The fraction of sp³-hybridized carbons (Fsp3) is 0.583. The van der Waals surface area contributed by atoms with Gasteiger partial charge in [0.15, 0.2) is 0 Å². The van der Waals surface area contributed by atoms with E-state index in [1.165, 1.54) is 6.08 Å². The molecule has 0 saturated heterocycles. The molecule has 0 heterocycles. The zero-order valence-electron chi connectivity index (χ0n) is 11.5. The molecule has 0 rings (SSSR count). The van der Waals surface area contributed by atoms with Gasteiger partial charge < -0.3 is 20.6 Å². The average Bonchev–Trinajstić information content (AvgIpc) is 2.22. The Bertz CT molecular complexity index is 360. The van der Waals surface area contributed by atoms with E-state index in [0.29, 0.717) is 0 Å². The third-order valence-corrected chi connectivity index (χ3v) is 1.88. The summed E-state index contributed by atoms with van der Waals surface area (Å²) in [5.74, 6) is -1.47. The van der Waals surface area contributed by atoms with Gasteiger partial charge in [-0.2, -0.15) is 0 Å². The van der Waals surface area contributed by atoms with Gasteiger partial charge >= 0.3 is 12.0 Å². The lowest BCUT2D eigenvalue weighted by Gasteiger charge is -2.22. The van der Waals surface area contributed by atoms with Crippen LogP contribution in [0.2, 0.25) is 0 Å². The van der Waals surface area contributed by atoms with Gasteiger partial charge in [0.2, 0.25) is 5.91 Å². The molecule has 7 nitrogen and oxygen atoms in total. The number of amides is 3. The first kappa shape index (κ1) is 16.9. The van der Waals surface area contributed by atoms with Crippen molar-refractivity contribution in [3.05, 3.63) is 12.7 Å². The highest BCUT2D eigenvalue weighted by atomic mass is 16.4. The second kappa shape index (κ2) is 7.40. The summed E-state index contributed by atoms with van der Waals surface area (Å²) < 4.78 is 0. The third kappa shape index (κ3) is 8.64. The standard InChI is InChI=1S/C12H21N3O4/c1-5-6-15(8-10(17)18)11(19)13-7-9(16)14-12(2,3)4/h5H,1,6-8H2,2-4H3,(H,13,19)(H,14,16)(H,17,18). The quantitative estimate of drug-likeness (QED) is 0.600. The lowest BCUT2D eigenvalue weighted by atomic mass is 10.1. The number of carbonyl (C=O) groups is 3. The molecule has 19 heavy (non-hydrogen) atoms. The van der Waals surface area contributed by atoms with E-state index in [9.17, 15) is 14.4 Å². The minimum atomic E-state index is -1.13. The number of carbonyl (C=O) groups excluding carboxylic acids is 2. The van der Waals surface area contributed by atoms with E-state index in [0.717, 1.165) is 4.90 Å². The summed E-state index contributed by atoms with van der Waals surface area (Å²) >= 11 is 0. The summed E-state index contributed by atoms with van der Waals surface area (Å²) in [6, 6.07) is -0.619. The normalized spacial score (nSPS) is 10.5. The molecule has 3 amide bonds. The van der Waals surface area contributed by atoms with Crippen LogP contribution in [0.4, 0.5) is 4.79 Å². The Balaban J connectivity index is 4.29. The van der Waals surface area contributed by atoms with E-state index in [2.05, 4.69) is 17.2 Å². The maximum atomic E-state index is 11.7. The van der Waals surface area contributed by atoms with Crippen LogP contribution in [-0.4, -0.2) is 53.1 Å². The minimum Gasteiger partial charge on any atom is -0.480 e. The molecule has 0 saturated carbocycles. The van der Waals surface area contributed by atoms with Gasteiger partial charge in [-0.3, -0.25) is 9.59 Å². The number of carboxylic acid groups (broad SMARTS) is 1. The lowest BCUT2D eigenvalue weighted by Crippen LogP contribution is -2.49. The summed E-state index contributed by atoms with van der Waals surface area (Å²) in [4.78, 5) is 34.8. The second-order valence-corrected chi connectivity index (χ2v) is 5.02. The SMILES string of the molecule is C=CCN(CC(=O)O)C(=O)NCC(=O)NC(C)(C)C. The molecular formula is C12H21N3O4. The van der Waals surface area contributed by atoms with Gasteiger partial charge in [-0.25, -0.2) is 4.79 Å². The smallest absolute Gasteiger partial charge is 0.323 e. The van der Waals surface area contributed by atoms with Crippen LogP contribution < -0.4 is 10.6 Å². The molecule has 0 atom stereocenters. The van der Waals surface area contributed by atoms with Gasteiger partial charge in [-0.05, 0) is 20.8 Å². The predicted octanol–water partition coefficient (Wildman–Crippen LogP) is 0.183. The van der Waals surface area contributed by atoms with Crippen LogP contribution in [-0.2, 0) is 9.59 Å². The Hall–Kier alpha value is -2.05. The van der Waals surface area contributed by atoms with E-state index >= 15 is 0 Å². The monoisotopic (exact) mass is 271 g/mol. The Kier molecular flexibility index (Phi) is 6.60. The molecule has 3 N–H and O–H groups in total. The summed E-state index contributed by atoms with van der Waals surface area (Å²) in [7, 11) is 0. The number of hydrogen-bond donors (Lipinski definition) is 3. The highest BCUT2D eigenvalue weighted by Crippen LogP contribution is 1.97. The molecule has 0 fully saturated rings. The first-order valence-corrected chi connectivity index (χ1v) is 5.82. The van der Waals surface area contributed by atoms with Crippen LogP contribution in [0.15, 0.2) is 12.7 Å². The Morgan fingerprint density at radius 2 is 1.89 bits per heavy atom. The van der Waals surface area contributed by atoms with Crippen LogP contribution in [0.1, 0.15) is 20.8 Å². The van der Waals surface area contributed by atoms with Crippen molar-refractivity contribution in [3.63, 3.8) is 0 Å². The van der Waals surface area contributed by atoms with Gasteiger partial charge in [-0.15, -0.1) is 6.58 Å². The molecule has 0 spiro atoms. The number of rotatable bonds is 6. The molecule has 0 aliphatic carbocycles. The second-order valence-electron chi connectivity index (χ2n) is 5.02. The molecule has 7 heteroatoms. The van der Waals surface area contributed by atoms with Crippen molar-refractivity contribution in [2.24, 2.45) is 0 Å². The molecule has 0 unspecified atom stereocenters. The van der Waals surface area contributed by atoms with Crippen LogP contribution in [0.25, 0.3) is 0 Å². The lowest BCUT2D eigenvalue weighted by molar-refractivity contribution is -0.137. The minimum absolute atomic E-state index is 0.0963. The molecule has 0 radical (unpaired) electrons. The third-order valence-electron chi connectivity index (χ3n) is 1.88. The summed E-state index contributed by atoms with van der Waals surface area (Å²) in [6.07, 6.45) is 1.41. The van der Waals surface area contributed by atoms with E-state index in [-0.39, 0.29) is 24.5 Å². The van der Waals surface area contributed by atoms with Crippen LogP contribution in [0.5, 0.6) is 0 Å². The van der Waals surface area contributed by atoms with Gasteiger partial charge in [0.1, 0.15) is 6.54 Å². The van der Waals surface area contributed by atoms with Crippen molar-refractivity contribution in [2.45, 2.75) is 26.3 Å². The van der Waals surface area contributed by atoms with E-state index in [1.807, 2.05) is 20.8 Å². The number of carboxylic acids is 1. The molecule has 0 aromatic rings. The maximum absolute atomic E-state index is 11.7. The first-order valence-electron chi connectivity index (χ1n) is 5.82. The van der Waals surface area contributed by atoms with E-state index in [1.54, 1.807) is 0 Å². The van der Waals surface area contributed by atoms with Crippen LogP contribution in [0, 0.1) is 0 Å². The molecule has 108 valence electrons. The molecule has 0 aliphatic heterocycles. The van der Waals surface area contributed by atoms with Gasteiger partial charge in [0.25, 0.3) is 0 Å². The van der Waals surface area contributed by atoms with Gasteiger partial charge in [-0.1, -0.05) is 6.08 Å². The highest BCUT2D eigenvalue weighted by molar-refractivity contribution is 5.85. The first-order chi connectivity index (χ1) is 8.65. The maximum Gasteiger partial charge on any atom is 0.323 e. The molecule has 0 aromatic carbocycles. The predicted molar refractivity (Wildman–Crippen MR) is 70.7 cm³/mol. The number of aliphatic carboxylic acids is 1. The molecule has 0 aliphatic rings. The Morgan fingerprint density at radius 3 is 2.32 bits per heavy atom. The average molecular weight is 271 g/mol.